The number of rotatable bonds is 5. The van der Waals surface area contributed by atoms with Crippen LogP contribution >= 0.6 is 35.7 Å². The van der Waals surface area contributed by atoms with Crippen LogP contribution in [0.1, 0.15) is 19.3 Å². The minimum Gasteiger partial charge on any atom is -0.381 e. The molecule has 2 aliphatic heterocycles. The van der Waals surface area contributed by atoms with Crippen LogP contribution in [0.4, 0.5) is 0 Å². The van der Waals surface area contributed by atoms with E-state index >= 15 is 0 Å². The van der Waals surface area contributed by atoms with Crippen molar-refractivity contribution >= 4 is 41.7 Å². The van der Waals surface area contributed by atoms with Crippen molar-refractivity contribution in [2.24, 2.45) is 10.9 Å². The van der Waals surface area contributed by atoms with Crippen molar-refractivity contribution in [3.63, 3.8) is 0 Å². The third-order valence-electron chi connectivity index (χ3n) is 4.54. The maximum atomic E-state index is 5.50. The molecule has 130 valence electrons. The van der Waals surface area contributed by atoms with Crippen LogP contribution < -0.4 is 5.32 Å². The molecule has 0 aromatic carbocycles. The lowest BCUT2D eigenvalue weighted by Gasteiger charge is -2.37. The molecule has 2 fully saturated rings. The van der Waals surface area contributed by atoms with Gasteiger partial charge in [-0.25, -0.2) is 0 Å². The van der Waals surface area contributed by atoms with Crippen LogP contribution in [0, 0.1) is 5.92 Å². The van der Waals surface area contributed by atoms with E-state index in [2.05, 4.69) is 28.5 Å². The Hall–Kier alpha value is 0.270. The van der Waals surface area contributed by atoms with E-state index in [1.54, 1.807) is 0 Å². The van der Waals surface area contributed by atoms with E-state index in [0.717, 1.165) is 64.7 Å². The fourth-order valence-corrected chi connectivity index (χ4v) is 3.81. The third kappa shape index (κ3) is 5.72. The lowest BCUT2D eigenvalue weighted by molar-refractivity contribution is 0.0781. The number of halogens is 1. The first-order chi connectivity index (χ1) is 10.2. The number of guanidine groups is 1. The molecule has 22 heavy (non-hydrogen) atoms. The highest BCUT2D eigenvalue weighted by molar-refractivity contribution is 14.0. The van der Waals surface area contributed by atoms with E-state index in [1.807, 2.05) is 18.8 Å². The van der Waals surface area contributed by atoms with Gasteiger partial charge in [-0.3, -0.25) is 4.99 Å². The molecular weight excluding hydrogens is 413 g/mol. The molecular formula is C15H30IN3O2S. The second kappa shape index (κ2) is 10.2. The molecule has 0 aromatic heterocycles. The Morgan fingerprint density at radius 3 is 2.59 bits per heavy atom. The summed E-state index contributed by atoms with van der Waals surface area (Å²) in [6, 6.07) is 0. The number of aliphatic imine (C=N–C) groups is 1. The van der Waals surface area contributed by atoms with Gasteiger partial charge in [-0.1, -0.05) is 0 Å². The van der Waals surface area contributed by atoms with Gasteiger partial charge < -0.3 is 19.7 Å². The second-order valence-electron chi connectivity index (χ2n) is 6.01. The van der Waals surface area contributed by atoms with Crippen LogP contribution in [-0.4, -0.2) is 75.5 Å². The van der Waals surface area contributed by atoms with Gasteiger partial charge in [-0.05, 0) is 25.5 Å². The molecule has 0 radical (unpaired) electrons. The zero-order valence-corrected chi connectivity index (χ0v) is 17.1. The van der Waals surface area contributed by atoms with Crippen molar-refractivity contribution < 1.29 is 9.47 Å². The summed E-state index contributed by atoms with van der Waals surface area (Å²) >= 11 is 1.95. The fourth-order valence-electron chi connectivity index (χ4n) is 3.02. The lowest BCUT2D eigenvalue weighted by atomic mass is 9.99. The van der Waals surface area contributed by atoms with E-state index in [0.29, 0.717) is 5.92 Å². The first-order valence-corrected chi connectivity index (χ1v) is 9.04. The van der Waals surface area contributed by atoms with Crippen molar-refractivity contribution in [1.82, 2.24) is 10.2 Å². The summed E-state index contributed by atoms with van der Waals surface area (Å²) in [6.45, 7) is 5.49. The molecule has 1 unspecified atom stereocenters. The summed E-state index contributed by atoms with van der Waals surface area (Å²) in [5.74, 6) is 1.62. The average Bonchev–Trinajstić information content (AvgIpc) is 3.01. The van der Waals surface area contributed by atoms with Gasteiger partial charge in [0.1, 0.15) is 0 Å². The fraction of sp³-hybridized carbons (Fsp3) is 0.933. The number of nitrogens with one attached hydrogen (secondary N) is 1. The van der Waals surface area contributed by atoms with E-state index in [4.69, 9.17) is 9.47 Å². The topological polar surface area (TPSA) is 46.1 Å². The van der Waals surface area contributed by atoms with Gasteiger partial charge in [0.2, 0.25) is 0 Å². The largest absolute Gasteiger partial charge is 0.381 e. The highest BCUT2D eigenvalue weighted by Gasteiger charge is 2.32. The summed E-state index contributed by atoms with van der Waals surface area (Å²) in [4.78, 5) is 6.66. The van der Waals surface area contributed by atoms with Crippen LogP contribution in [0.25, 0.3) is 0 Å². The smallest absolute Gasteiger partial charge is 0.193 e. The van der Waals surface area contributed by atoms with E-state index in [1.165, 1.54) is 0 Å². The highest BCUT2D eigenvalue weighted by atomic mass is 127. The standard InChI is InChI=1S/C15H29N3O2S.HI/c1-16-14(18(2)10-13-4-7-20-11-13)17-12-15(21-3)5-8-19-9-6-15;/h13H,4-12H2,1-3H3,(H,16,17);1H. The number of ether oxygens (including phenoxy) is 2. The molecule has 0 spiro atoms. The Bertz CT molecular complexity index is 346. The average molecular weight is 443 g/mol. The molecule has 0 aliphatic carbocycles. The van der Waals surface area contributed by atoms with Gasteiger partial charge in [0, 0.05) is 57.7 Å². The Kier molecular flexibility index (Phi) is 9.42. The predicted molar refractivity (Wildman–Crippen MR) is 105 cm³/mol. The van der Waals surface area contributed by atoms with E-state index in [9.17, 15) is 0 Å². The van der Waals surface area contributed by atoms with Crippen LogP contribution in [0.15, 0.2) is 4.99 Å². The van der Waals surface area contributed by atoms with Gasteiger partial charge >= 0.3 is 0 Å². The predicted octanol–water partition coefficient (Wildman–Crippen LogP) is 2.06. The Morgan fingerprint density at radius 1 is 1.32 bits per heavy atom. The van der Waals surface area contributed by atoms with Gasteiger partial charge in [-0.15, -0.1) is 24.0 Å². The van der Waals surface area contributed by atoms with Gasteiger partial charge in [0.25, 0.3) is 0 Å². The summed E-state index contributed by atoms with van der Waals surface area (Å²) in [5, 5.41) is 3.56. The molecule has 5 nitrogen and oxygen atoms in total. The molecule has 0 aromatic rings. The minimum absolute atomic E-state index is 0. The van der Waals surface area contributed by atoms with Crippen molar-refractivity contribution in [2.45, 2.75) is 24.0 Å². The minimum atomic E-state index is 0. The molecule has 2 aliphatic rings. The molecule has 7 heteroatoms. The molecule has 0 saturated carbocycles. The summed E-state index contributed by atoms with van der Waals surface area (Å²) < 4.78 is 11.2. The molecule has 2 heterocycles. The summed E-state index contributed by atoms with van der Waals surface area (Å²) in [5.41, 5.74) is 0. The second-order valence-corrected chi connectivity index (χ2v) is 7.28. The lowest BCUT2D eigenvalue weighted by Crippen LogP contribution is -2.49. The zero-order chi connectivity index (χ0) is 15.1. The molecule has 0 bridgehead atoms. The first kappa shape index (κ1) is 20.3. The van der Waals surface area contributed by atoms with E-state index < -0.39 is 0 Å². The van der Waals surface area contributed by atoms with Crippen LogP contribution in [0.3, 0.4) is 0 Å². The quantitative estimate of drug-likeness (QED) is 0.401. The maximum Gasteiger partial charge on any atom is 0.193 e. The Labute approximate surface area is 156 Å². The zero-order valence-electron chi connectivity index (χ0n) is 14.0. The Balaban J connectivity index is 0.00000242. The number of hydrogen-bond donors (Lipinski definition) is 1. The van der Waals surface area contributed by atoms with Crippen molar-refractivity contribution in [3.05, 3.63) is 0 Å². The van der Waals surface area contributed by atoms with Crippen molar-refractivity contribution in [3.8, 4) is 0 Å². The van der Waals surface area contributed by atoms with Gasteiger partial charge in [0.15, 0.2) is 5.96 Å². The molecule has 2 rings (SSSR count). The highest BCUT2D eigenvalue weighted by Crippen LogP contribution is 2.33. The molecule has 1 N–H and O–H groups in total. The summed E-state index contributed by atoms with van der Waals surface area (Å²) in [7, 11) is 3.98. The summed E-state index contributed by atoms with van der Waals surface area (Å²) in [6.07, 6.45) is 5.58. The van der Waals surface area contributed by atoms with Crippen LogP contribution in [-0.2, 0) is 9.47 Å². The number of hydrogen-bond acceptors (Lipinski definition) is 4. The van der Waals surface area contributed by atoms with Crippen LogP contribution in [0.5, 0.6) is 0 Å². The maximum absolute atomic E-state index is 5.50. The third-order valence-corrected chi connectivity index (χ3v) is 5.95. The normalized spacial score (nSPS) is 24.7. The van der Waals surface area contributed by atoms with Crippen molar-refractivity contribution in [2.75, 3.05) is 59.9 Å². The molecule has 1 atom stereocenters. The number of thioether (sulfide) groups is 1. The first-order valence-electron chi connectivity index (χ1n) is 7.81. The SMILES string of the molecule is CN=C(NCC1(SC)CCOCC1)N(C)CC1CCOC1.I. The van der Waals surface area contributed by atoms with Crippen molar-refractivity contribution in [1.29, 1.82) is 0 Å². The molecule has 0 amide bonds. The number of nitrogens with zero attached hydrogens (tertiary/aromatic N) is 2. The van der Waals surface area contributed by atoms with Gasteiger partial charge in [0.05, 0.1) is 6.61 Å². The van der Waals surface area contributed by atoms with Crippen LogP contribution in [0.2, 0.25) is 0 Å². The monoisotopic (exact) mass is 443 g/mol. The van der Waals surface area contributed by atoms with Gasteiger partial charge in [-0.2, -0.15) is 11.8 Å². The van der Waals surface area contributed by atoms with E-state index in [-0.39, 0.29) is 28.7 Å². The molecule has 2 saturated heterocycles. The Morgan fingerprint density at radius 2 is 2.05 bits per heavy atom.